The SMILES string of the molecule is CCCCCCCCCC(=O)OOC(C)=O. The molecule has 4 nitrogen and oxygen atoms in total. The summed E-state index contributed by atoms with van der Waals surface area (Å²) in [6.07, 6.45) is 8.33. The number of unbranched alkanes of at least 4 members (excludes halogenated alkanes) is 6. The van der Waals surface area contributed by atoms with Gasteiger partial charge in [-0.05, 0) is 6.42 Å². The van der Waals surface area contributed by atoms with Crippen molar-refractivity contribution in [3.63, 3.8) is 0 Å². The van der Waals surface area contributed by atoms with E-state index in [2.05, 4.69) is 16.7 Å². The molecule has 0 radical (unpaired) electrons. The quantitative estimate of drug-likeness (QED) is 0.365. The molecule has 0 saturated heterocycles. The Morgan fingerprint density at radius 3 is 2.00 bits per heavy atom. The first-order valence-corrected chi connectivity index (χ1v) is 6.04. The number of carbonyl (C=O) groups is 2. The van der Waals surface area contributed by atoms with Crippen molar-refractivity contribution in [2.24, 2.45) is 0 Å². The van der Waals surface area contributed by atoms with E-state index < -0.39 is 11.9 Å². The van der Waals surface area contributed by atoms with Gasteiger partial charge in [-0.25, -0.2) is 19.4 Å². The largest absolute Gasteiger partial charge is 0.355 e. The van der Waals surface area contributed by atoms with Gasteiger partial charge >= 0.3 is 11.9 Å². The molecule has 0 aromatic carbocycles. The molecule has 0 aliphatic carbocycles. The molecule has 0 rings (SSSR count). The maximum absolute atomic E-state index is 11.0. The Kier molecular flexibility index (Phi) is 9.76. The molecule has 0 bridgehead atoms. The molecular formula is C12H22O4. The minimum absolute atomic E-state index is 0.320. The lowest BCUT2D eigenvalue weighted by molar-refractivity contribution is -0.257. The Morgan fingerprint density at radius 2 is 1.44 bits per heavy atom. The molecule has 0 fully saturated rings. The van der Waals surface area contributed by atoms with E-state index in [1.165, 1.54) is 32.6 Å². The van der Waals surface area contributed by atoms with Gasteiger partial charge < -0.3 is 0 Å². The topological polar surface area (TPSA) is 52.6 Å². The Labute approximate surface area is 97.2 Å². The molecule has 0 saturated carbocycles. The van der Waals surface area contributed by atoms with E-state index >= 15 is 0 Å². The molecular weight excluding hydrogens is 208 g/mol. The molecule has 16 heavy (non-hydrogen) atoms. The summed E-state index contributed by atoms with van der Waals surface area (Å²) < 4.78 is 0. The second-order valence-electron chi connectivity index (χ2n) is 3.90. The minimum atomic E-state index is -0.604. The molecule has 0 aliphatic heterocycles. The minimum Gasteiger partial charge on any atom is -0.248 e. The lowest BCUT2D eigenvalue weighted by Gasteiger charge is -2.01. The van der Waals surface area contributed by atoms with Gasteiger partial charge in [0.25, 0.3) is 0 Å². The lowest BCUT2D eigenvalue weighted by atomic mass is 10.1. The summed E-state index contributed by atoms with van der Waals surface area (Å²) in [6.45, 7) is 3.38. The van der Waals surface area contributed by atoms with E-state index in [0.717, 1.165) is 19.3 Å². The Hall–Kier alpha value is -1.06. The monoisotopic (exact) mass is 230 g/mol. The molecule has 0 N–H and O–H groups in total. The summed E-state index contributed by atoms with van der Waals surface area (Å²) in [6, 6.07) is 0. The Bertz CT molecular complexity index is 201. The smallest absolute Gasteiger partial charge is 0.248 e. The fourth-order valence-electron chi connectivity index (χ4n) is 1.37. The van der Waals surface area contributed by atoms with E-state index in [1.807, 2.05) is 0 Å². The predicted octanol–water partition coefficient (Wildman–Crippen LogP) is 3.15. The number of hydrogen-bond acceptors (Lipinski definition) is 4. The summed E-state index contributed by atoms with van der Waals surface area (Å²) >= 11 is 0. The first-order valence-electron chi connectivity index (χ1n) is 6.04. The van der Waals surface area contributed by atoms with Gasteiger partial charge in [-0.3, -0.25) is 0 Å². The lowest BCUT2D eigenvalue weighted by Crippen LogP contribution is -2.08. The number of hydrogen-bond donors (Lipinski definition) is 0. The van der Waals surface area contributed by atoms with Crippen LogP contribution in [0.5, 0.6) is 0 Å². The summed E-state index contributed by atoms with van der Waals surface area (Å²) in [5, 5.41) is 0. The van der Waals surface area contributed by atoms with Crippen molar-refractivity contribution in [3.8, 4) is 0 Å². The molecule has 0 spiro atoms. The van der Waals surface area contributed by atoms with Crippen LogP contribution in [-0.2, 0) is 19.4 Å². The number of rotatable bonds is 8. The molecule has 0 unspecified atom stereocenters. The highest BCUT2D eigenvalue weighted by atomic mass is 17.2. The summed E-state index contributed by atoms with van der Waals surface area (Å²) in [5.41, 5.74) is 0. The van der Waals surface area contributed by atoms with Gasteiger partial charge in [-0.2, -0.15) is 0 Å². The van der Waals surface area contributed by atoms with Crippen LogP contribution in [0, 0.1) is 0 Å². The van der Waals surface area contributed by atoms with Crippen LogP contribution in [0.1, 0.15) is 65.2 Å². The molecule has 0 atom stereocenters. The zero-order valence-electron chi connectivity index (χ0n) is 10.3. The van der Waals surface area contributed by atoms with Crippen molar-refractivity contribution < 1.29 is 19.4 Å². The average molecular weight is 230 g/mol. The Morgan fingerprint density at radius 1 is 0.875 bits per heavy atom. The van der Waals surface area contributed by atoms with Crippen LogP contribution < -0.4 is 0 Å². The molecule has 0 aromatic rings. The summed E-state index contributed by atoms with van der Waals surface area (Å²) in [4.78, 5) is 29.7. The molecule has 0 heterocycles. The van der Waals surface area contributed by atoms with Crippen LogP contribution in [0.25, 0.3) is 0 Å². The average Bonchev–Trinajstić information content (AvgIpc) is 2.25. The summed E-state index contributed by atoms with van der Waals surface area (Å²) in [7, 11) is 0. The highest BCUT2D eigenvalue weighted by molar-refractivity contribution is 5.71. The maximum atomic E-state index is 11.0. The van der Waals surface area contributed by atoms with Crippen molar-refractivity contribution in [2.75, 3.05) is 0 Å². The van der Waals surface area contributed by atoms with E-state index in [1.54, 1.807) is 0 Å². The Balaban J connectivity index is 3.18. The third-order valence-electron chi connectivity index (χ3n) is 2.24. The zero-order valence-corrected chi connectivity index (χ0v) is 10.3. The molecule has 0 aromatic heterocycles. The second-order valence-corrected chi connectivity index (χ2v) is 3.90. The highest BCUT2D eigenvalue weighted by Gasteiger charge is 2.05. The number of carbonyl (C=O) groups excluding carboxylic acids is 2. The van der Waals surface area contributed by atoms with Crippen molar-refractivity contribution >= 4 is 11.9 Å². The van der Waals surface area contributed by atoms with Crippen LogP contribution in [0.2, 0.25) is 0 Å². The molecule has 94 valence electrons. The van der Waals surface area contributed by atoms with Crippen molar-refractivity contribution in [3.05, 3.63) is 0 Å². The van der Waals surface area contributed by atoms with Crippen molar-refractivity contribution in [1.82, 2.24) is 0 Å². The fourth-order valence-corrected chi connectivity index (χ4v) is 1.37. The fraction of sp³-hybridized carbons (Fsp3) is 0.833. The first-order chi connectivity index (χ1) is 7.66. The van der Waals surface area contributed by atoms with Gasteiger partial charge in [0.2, 0.25) is 0 Å². The third kappa shape index (κ3) is 11.0. The molecule has 0 amide bonds. The van der Waals surface area contributed by atoms with Crippen LogP contribution in [0.4, 0.5) is 0 Å². The van der Waals surface area contributed by atoms with Crippen LogP contribution >= 0.6 is 0 Å². The molecule has 0 aliphatic rings. The van der Waals surface area contributed by atoms with Crippen molar-refractivity contribution in [1.29, 1.82) is 0 Å². The van der Waals surface area contributed by atoms with Gasteiger partial charge in [0.1, 0.15) is 0 Å². The van der Waals surface area contributed by atoms with Crippen molar-refractivity contribution in [2.45, 2.75) is 65.2 Å². The van der Waals surface area contributed by atoms with Gasteiger partial charge in [-0.1, -0.05) is 45.4 Å². The standard InChI is InChI=1S/C12H22O4/c1-3-4-5-6-7-8-9-10-12(14)16-15-11(2)13/h3-10H2,1-2H3. The first kappa shape index (κ1) is 14.9. The summed E-state index contributed by atoms with van der Waals surface area (Å²) in [5.74, 6) is -1.07. The zero-order chi connectivity index (χ0) is 12.2. The maximum Gasteiger partial charge on any atom is 0.355 e. The van der Waals surface area contributed by atoms with Gasteiger partial charge in [0, 0.05) is 6.92 Å². The predicted molar refractivity (Wildman–Crippen MR) is 60.5 cm³/mol. The van der Waals surface area contributed by atoms with Crippen LogP contribution in [-0.4, -0.2) is 11.9 Å². The third-order valence-corrected chi connectivity index (χ3v) is 2.24. The second kappa shape index (κ2) is 10.5. The highest BCUT2D eigenvalue weighted by Crippen LogP contribution is 2.08. The normalized spacial score (nSPS) is 9.88. The van der Waals surface area contributed by atoms with Gasteiger partial charge in [-0.15, -0.1) is 0 Å². The van der Waals surface area contributed by atoms with Crippen LogP contribution in [0.3, 0.4) is 0 Å². The van der Waals surface area contributed by atoms with Gasteiger partial charge in [0.15, 0.2) is 0 Å². The van der Waals surface area contributed by atoms with E-state index in [-0.39, 0.29) is 0 Å². The molecule has 4 heteroatoms. The van der Waals surface area contributed by atoms with Crippen LogP contribution in [0.15, 0.2) is 0 Å². The van der Waals surface area contributed by atoms with E-state index in [4.69, 9.17) is 0 Å². The van der Waals surface area contributed by atoms with Gasteiger partial charge in [0.05, 0.1) is 6.42 Å². The van der Waals surface area contributed by atoms with E-state index in [0.29, 0.717) is 6.42 Å². The van der Waals surface area contributed by atoms with E-state index in [9.17, 15) is 9.59 Å².